The molecule has 0 fully saturated rings. The third kappa shape index (κ3) is 1.87. The van der Waals surface area contributed by atoms with E-state index in [1.165, 1.54) is 18.2 Å². The molecule has 0 N–H and O–H groups in total. The minimum Gasteiger partial charge on any atom is -0.281 e. The first-order valence-electron chi connectivity index (χ1n) is 3.07. The summed E-state index contributed by atoms with van der Waals surface area (Å²) in [5.41, 5.74) is 0.958. The summed E-state index contributed by atoms with van der Waals surface area (Å²) in [4.78, 5) is 10.7. The van der Waals surface area contributed by atoms with E-state index in [0.29, 0.717) is 11.1 Å². The normalized spacial score (nSPS) is 9.73. The molecule has 0 saturated heterocycles. The van der Waals surface area contributed by atoms with E-state index in [9.17, 15) is 9.18 Å². The summed E-state index contributed by atoms with van der Waals surface area (Å²) in [6.45, 7) is 1.62. The number of rotatable bonds is 1. The number of hydrogen-bond acceptors (Lipinski definition) is 1. The molecule has 0 spiro atoms. The van der Waals surface area contributed by atoms with Crippen LogP contribution in [0.25, 0.3) is 0 Å². The predicted molar refractivity (Wildman–Crippen MR) is 44.4 cm³/mol. The Labute approximate surface area is 72.4 Å². The van der Waals surface area contributed by atoms with Crippen LogP contribution < -0.4 is 0 Å². The predicted octanol–water partition coefficient (Wildman–Crippen LogP) is 2.67. The largest absolute Gasteiger partial charge is 0.281 e. The third-order valence-electron chi connectivity index (χ3n) is 1.38. The standard InChI is InChI=1S/C8H6BrFO/c1-5-4-6(8(9)11)2-3-7(5)10/h2-4H,1H3. The Bertz CT molecular complexity index is 296. The molecule has 0 heterocycles. The summed E-state index contributed by atoms with van der Waals surface area (Å²) < 4.78 is 12.4. The van der Waals surface area contributed by atoms with Gasteiger partial charge in [0.25, 0.3) is 0 Å². The molecule has 0 radical (unpaired) electrons. The first-order valence-corrected chi connectivity index (χ1v) is 3.86. The lowest BCUT2D eigenvalue weighted by Gasteiger charge is -1.96. The minimum absolute atomic E-state index is 0.222. The molecule has 0 aliphatic heterocycles. The van der Waals surface area contributed by atoms with Crippen molar-refractivity contribution >= 4 is 20.6 Å². The van der Waals surface area contributed by atoms with Crippen molar-refractivity contribution in [3.8, 4) is 0 Å². The molecule has 1 nitrogen and oxygen atoms in total. The second-order valence-electron chi connectivity index (χ2n) is 2.24. The van der Waals surface area contributed by atoms with E-state index >= 15 is 0 Å². The van der Waals surface area contributed by atoms with Crippen LogP contribution in [0.1, 0.15) is 15.9 Å². The number of hydrogen-bond donors (Lipinski definition) is 0. The van der Waals surface area contributed by atoms with E-state index < -0.39 is 0 Å². The Morgan fingerprint density at radius 1 is 1.55 bits per heavy atom. The lowest BCUT2D eigenvalue weighted by molar-refractivity contribution is 0.109. The van der Waals surface area contributed by atoms with Crippen LogP contribution in [-0.2, 0) is 0 Å². The van der Waals surface area contributed by atoms with Gasteiger partial charge in [0, 0.05) is 5.56 Å². The highest BCUT2D eigenvalue weighted by Crippen LogP contribution is 2.11. The molecule has 0 unspecified atom stereocenters. The molecule has 0 amide bonds. The molecule has 0 aliphatic carbocycles. The van der Waals surface area contributed by atoms with Gasteiger partial charge in [0.2, 0.25) is 4.69 Å². The highest BCUT2D eigenvalue weighted by molar-refractivity contribution is 9.18. The number of carbonyl (C=O) groups is 1. The zero-order chi connectivity index (χ0) is 8.43. The van der Waals surface area contributed by atoms with Crippen LogP contribution in [-0.4, -0.2) is 4.69 Å². The zero-order valence-electron chi connectivity index (χ0n) is 5.90. The molecule has 0 bridgehead atoms. The lowest BCUT2D eigenvalue weighted by atomic mass is 10.1. The molecule has 1 rings (SSSR count). The van der Waals surface area contributed by atoms with Crippen LogP contribution in [0, 0.1) is 12.7 Å². The van der Waals surface area contributed by atoms with E-state index in [1.807, 2.05) is 0 Å². The summed E-state index contributed by atoms with van der Waals surface area (Å²) in [6.07, 6.45) is 0. The fourth-order valence-corrected chi connectivity index (χ4v) is 1.01. The topological polar surface area (TPSA) is 17.1 Å². The molecule has 11 heavy (non-hydrogen) atoms. The molecule has 1 aromatic rings. The summed E-state index contributed by atoms with van der Waals surface area (Å²) in [6, 6.07) is 4.23. The molecular weight excluding hydrogens is 211 g/mol. The van der Waals surface area contributed by atoms with Crippen molar-refractivity contribution < 1.29 is 9.18 Å². The molecule has 1 aromatic carbocycles. The van der Waals surface area contributed by atoms with Gasteiger partial charge in [-0.3, -0.25) is 4.79 Å². The van der Waals surface area contributed by atoms with Gasteiger partial charge in [-0.1, -0.05) is 0 Å². The second-order valence-corrected chi connectivity index (χ2v) is 2.96. The van der Waals surface area contributed by atoms with Gasteiger partial charge in [-0.15, -0.1) is 0 Å². The molecule has 3 heteroatoms. The molecule has 0 aliphatic rings. The Morgan fingerprint density at radius 3 is 2.64 bits per heavy atom. The van der Waals surface area contributed by atoms with Gasteiger partial charge in [0.15, 0.2) is 0 Å². The average molecular weight is 217 g/mol. The van der Waals surface area contributed by atoms with E-state index in [-0.39, 0.29) is 10.5 Å². The van der Waals surface area contributed by atoms with Gasteiger partial charge in [-0.25, -0.2) is 4.39 Å². The second kappa shape index (κ2) is 3.13. The van der Waals surface area contributed by atoms with Crippen molar-refractivity contribution in [2.45, 2.75) is 6.92 Å². The van der Waals surface area contributed by atoms with Crippen molar-refractivity contribution in [3.63, 3.8) is 0 Å². The molecule has 58 valence electrons. The average Bonchev–Trinajstić information content (AvgIpc) is 1.94. The quantitative estimate of drug-likeness (QED) is 0.661. The van der Waals surface area contributed by atoms with Gasteiger partial charge in [0.05, 0.1) is 0 Å². The Balaban J connectivity index is 3.15. The first kappa shape index (κ1) is 8.40. The lowest BCUT2D eigenvalue weighted by Crippen LogP contribution is -1.90. The minimum atomic E-state index is -0.289. The van der Waals surface area contributed by atoms with Crippen molar-refractivity contribution in [1.29, 1.82) is 0 Å². The van der Waals surface area contributed by atoms with Crippen molar-refractivity contribution in [3.05, 3.63) is 35.1 Å². The van der Waals surface area contributed by atoms with E-state index in [0.717, 1.165) is 0 Å². The summed E-state index contributed by atoms with van der Waals surface area (Å²) in [7, 11) is 0. The Morgan fingerprint density at radius 2 is 2.18 bits per heavy atom. The maximum atomic E-state index is 12.6. The maximum Gasteiger partial charge on any atom is 0.228 e. The number of aryl methyl sites for hydroxylation is 1. The van der Waals surface area contributed by atoms with Gasteiger partial charge in [0.1, 0.15) is 5.82 Å². The monoisotopic (exact) mass is 216 g/mol. The highest BCUT2D eigenvalue weighted by Gasteiger charge is 2.02. The van der Waals surface area contributed by atoms with E-state index in [4.69, 9.17) is 0 Å². The van der Waals surface area contributed by atoms with Crippen LogP contribution in [0.5, 0.6) is 0 Å². The van der Waals surface area contributed by atoms with Gasteiger partial charge < -0.3 is 0 Å². The molecule has 0 atom stereocenters. The van der Waals surface area contributed by atoms with Crippen LogP contribution in [0.15, 0.2) is 18.2 Å². The molecular formula is C8H6BrFO. The fourth-order valence-electron chi connectivity index (χ4n) is 0.767. The third-order valence-corrected chi connectivity index (χ3v) is 1.84. The summed E-state index contributed by atoms with van der Waals surface area (Å²) >= 11 is 2.78. The number of carbonyl (C=O) groups excluding carboxylic acids is 1. The Kier molecular flexibility index (Phi) is 2.39. The fraction of sp³-hybridized carbons (Fsp3) is 0.125. The van der Waals surface area contributed by atoms with Crippen molar-refractivity contribution in [1.82, 2.24) is 0 Å². The van der Waals surface area contributed by atoms with Crippen molar-refractivity contribution in [2.75, 3.05) is 0 Å². The smallest absolute Gasteiger partial charge is 0.228 e. The van der Waals surface area contributed by atoms with Crippen LogP contribution in [0.4, 0.5) is 4.39 Å². The number of halogens is 2. The Hall–Kier alpha value is -0.700. The summed E-state index contributed by atoms with van der Waals surface area (Å²) in [5.74, 6) is -0.289. The highest BCUT2D eigenvalue weighted by atomic mass is 79.9. The van der Waals surface area contributed by atoms with Gasteiger partial charge in [-0.2, -0.15) is 0 Å². The van der Waals surface area contributed by atoms with E-state index in [2.05, 4.69) is 15.9 Å². The maximum absolute atomic E-state index is 12.6. The van der Waals surface area contributed by atoms with Crippen LogP contribution in [0.2, 0.25) is 0 Å². The first-order chi connectivity index (χ1) is 5.11. The number of benzene rings is 1. The van der Waals surface area contributed by atoms with Gasteiger partial charge >= 0.3 is 0 Å². The molecule has 0 aromatic heterocycles. The van der Waals surface area contributed by atoms with Gasteiger partial charge in [-0.05, 0) is 46.6 Å². The molecule has 0 saturated carbocycles. The van der Waals surface area contributed by atoms with Crippen molar-refractivity contribution in [2.24, 2.45) is 0 Å². The zero-order valence-corrected chi connectivity index (χ0v) is 7.48. The van der Waals surface area contributed by atoms with Crippen LogP contribution in [0.3, 0.4) is 0 Å². The van der Waals surface area contributed by atoms with Crippen LogP contribution >= 0.6 is 15.9 Å². The van der Waals surface area contributed by atoms with E-state index in [1.54, 1.807) is 6.92 Å². The summed E-state index contributed by atoms with van der Waals surface area (Å²) in [5, 5.41) is 0. The SMILES string of the molecule is Cc1cc(C(=O)Br)ccc1F.